The SMILES string of the molecule is COc1ccc2c(CSc3nnc(C4CC4)n3-c3ccccc3)cc(=O)oc2c1. The topological polar surface area (TPSA) is 70.2 Å². The summed E-state index contributed by atoms with van der Waals surface area (Å²) in [6, 6.07) is 17.2. The molecule has 0 aliphatic heterocycles. The second kappa shape index (κ2) is 7.40. The fourth-order valence-corrected chi connectivity index (χ4v) is 4.35. The van der Waals surface area contributed by atoms with Gasteiger partial charge >= 0.3 is 5.63 Å². The second-order valence-corrected chi connectivity index (χ2v) is 7.97. The minimum Gasteiger partial charge on any atom is -0.497 e. The third kappa shape index (κ3) is 3.53. The average Bonchev–Trinajstić information content (AvgIpc) is 3.51. The maximum absolute atomic E-state index is 12.1. The molecule has 1 fully saturated rings. The maximum Gasteiger partial charge on any atom is 0.336 e. The van der Waals surface area contributed by atoms with Crippen LogP contribution < -0.4 is 10.4 Å². The molecular weight excluding hydrogens is 386 g/mol. The number of para-hydroxylation sites is 1. The first-order chi connectivity index (χ1) is 14.2. The van der Waals surface area contributed by atoms with E-state index >= 15 is 0 Å². The summed E-state index contributed by atoms with van der Waals surface area (Å²) >= 11 is 1.57. The number of ether oxygens (including phenoxy) is 1. The molecule has 2 aromatic carbocycles. The van der Waals surface area contributed by atoms with E-state index in [2.05, 4.69) is 26.9 Å². The van der Waals surface area contributed by atoms with E-state index in [-0.39, 0.29) is 5.63 Å². The lowest BCUT2D eigenvalue weighted by molar-refractivity contribution is 0.414. The Morgan fingerprint density at radius 2 is 1.97 bits per heavy atom. The van der Waals surface area contributed by atoms with Crippen molar-refractivity contribution < 1.29 is 9.15 Å². The smallest absolute Gasteiger partial charge is 0.336 e. The van der Waals surface area contributed by atoms with Gasteiger partial charge in [0.25, 0.3) is 0 Å². The van der Waals surface area contributed by atoms with Crippen LogP contribution in [0.5, 0.6) is 5.75 Å². The summed E-state index contributed by atoms with van der Waals surface area (Å²) in [7, 11) is 1.59. The number of hydrogen-bond acceptors (Lipinski definition) is 6. The standard InChI is InChI=1S/C22H19N3O3S/c1-27-17-9-10-18-15(11-20(26)28-19(18)12-17)13-29-22-24-23-21(14-7-8-14)25(22)16-5-3-2-4-6-16/h2-6,9-12,14H,7-8,13H2,1H3. The molecule has 0 amide bonds. The van der Waals surface area contributed by atoms with Crippen LogP contribution >= 0.6 is 11.8 Å². The fraction of sp³-hybridized carbons (Fsp3) is 0.227. The van der Waals surface area contributed by atoms with Crippen LogP contribution in [0.25, 0.3) is 16.7 Å². The van der Waals surface area contributed by atoms with Gasteiger partial charge in [0.2, 0.25) is 0 Å². The summed E-state index contributed by atoms with van der Waals surface area (Å²) in [6.07, 6.45) is 2.31. The molecule has 1 aliphatic rings. The highest BCUT2D eigenvalue weighted by Crippen LogP contribution is 2.41. The van der Waals surface area contributed by atoms with E-state index in [4.69, 9.17) is 9.15 Å². The molecule has 0 spiro atoms. The highest BCUT2D eigenvalue weighted by atomic mass is 32.2. The Morgan fingerprint density at radius 1 is 1.14 bits per heavy atom. The van der Waals surface area contributed by atoms with Crippen LogP contribution in [0.4, 0.5) is 0 Å². The van der Waals surface area contributed by atoms with Gasteiger partial charge in [-0.2, -0.15) is 0 Å². The van der Waals surface area contributed by atoms with Crippen molar-refractivity contribution in [3.8, 4) is 11.4 Å². The van der Waals surface area contributed by atoms with Gasteiger partial charge in [-0.25, -0.2) is 4.79 Å². The third-order valence-electron chi connectivity index (χ3n) is 5.01. The largest absolute Gasteiger partial charge is 0.497 e. The molecule has 29 heavy (non-hydrogen) atoms. The van der Waals surface area contributed by atoms with E-state index in [0.717, 1.165) is 40.5 Å². The Hall–Kier alpha value is -3.06. The van der Waals surface area contributed by atoms with Crippen LogP contribution in [0.15, 0.2) is 69.0 Å². The van der Waals surface area contributed by atoms with Gasteiger partial charge in [-0.3, -0.25) is 4.57 Å². The highest BCUT2D eigenvalue weighted by molar-refractivity contribution is 7.98. The minimum absolute atomic E-state index is 0.371. The van der Waals surface area contributed by atoms with Crippen LogP contribution in [0.1, 0.15) is 30.1 Å². The number of fused-ring (bicyclic) bond motifs is 1. The number of nitrogens with zero attached hydrogens (tertiary/aromatic N) is 3. The molecule has 1 aliphatic carbocycles. The zero-order chi connectivity index (χ0) is 19.8. The van der Waals surface area contributed by atoms with Gasteiger partial charge in [0.05, 0.1) is 7.11 Å². The average molecular weight is 405 g/mol. The number of benzene rings is 2. The molecule has 0 saturated heterocycles. The van der Waals surface area contributed by atoms with Gasteiger partial charge in [-0.15, -0.1) is 10.2 Å². The maximum atomic E-state index is 12.1. The van der Waals surface area contributed by atoms with Gasteiger partial charge in [0.15, 0.2) is 5.16 Å². The molecule has 0 atom stereocenters. The van der Waals surface area contributed by atoms with Crippen LogP contribution in [-0.2, 0) is 5.75 Å². The van der Waals surface area contributed by atoms with Crippen molar-refractivity contribution in [3.05, 3.63) is 76.4 Å². The summed E-state index contributed by atoms with van der Waals surface area (Å²) in [4.78, 5) is 12.1. The quantitative estimate of drug-likeness (QED) is 0.346. The zero-order valence-corrected chi connectivity index (χ0v) is 16.7. The van der Waals surface area contributed by atoms with Gasteiger partial charge in [-0.05, 0) is 42.7 Å². The van der Waals surface area contributed by atoms with Crippen molar-refractivity contribution in [2.75, 3.05) is 7.11 Å². The molecule has 4 aromatic rings. The Balaban J connectivity index is 1.50. The molecule has 1 saturated carbocycles. The van der Waals surface area contributed by atoms with Crippen molar-refractivity contribution >= 4 is 22.7 Å². The molecule has 2 heterocycles. The van der Waals surface area contributed by atoms with Crippen LogP contribution in [-0.4, -0.2) is 21.9 Å². The number of rotatable bonds is 6. The molecule has 0 N–H and O–H groups in total. The molecule has 7 heteroatoms. The Kier molecular flexibility index (Phi) is 4.60. The van der Waals surface area contributed by atoms with Crippen LogP contribution in [0.2, 0.25) is 0 Å². The first-order valence-corrected chi connectivity index (χ1v) is 10.5. The molecule has 146 valence electrons. The lowest BCUT2D eigenvalue weighted by Crippen LogP contribution is -2.03. The summed E-state index contributed by atoms with van der Waals surface area (Å²) in [6.45, 7) is 0. The molecule has 6 nitrogen and oxygen atoms in total. The van der Waals surface area contributed by atoms with Gasteiger partial charge in [-0.1, -0.05) is 30.0 Å². The van der Waals surface area contributed by atoms with Gasteiger partial charge in [0.1, 0.15) is 17.2 Å². The van der Waals surface area contributed by atoms with E-state index < -0.39 is 0 Å². The molecule has 0 unspecified atom stereocenters. The molecule has 0 bridgehead atoms. The zero-order valence-electron chi connectivity index (χ0n) is 15.9. The van der Waals surface area contributed by atoms with E-state index in [0.29, 0.717) is 23.0 Å². The predicted molar refractivity (Wildman–Crippen MR) is 112 cm³/mol. The van der Waals surface area contributed by atoms with Gasteiger partial charge < -0.3 is 9.15 Å². The lowest BCUT2D eigenvalue weighted by atomic mass is 10.1. The number of thioether (sulfide) groups is 1. The normalized spacial score (nSPS) is 13.7. The summed E-state index contributed by atoms with van der Waals surface area (Å²) in [5.74, 6) is 2.74. The third-order valence-corrected chi connectivity index (χ3v) is 5.99. The molecule has 0 radical (unpaired) electrons. The Morgan fingerprint density at radius 3 is 2.72 bits per heavy atom. The van der Waals surface area contributed by atoms with Crippen LogP contribution in [0, 0.1) is 0 Å². The van der Waals surface area contributed by atoms with E-state index in [9.17, 15) is 4.79 Å². The fourth-order valence-electron chi connectivity index (χ4n) is 3.40. The monoisotopic (exact) mass is 405 g/mol. The molecule has 2 aromatic heterocycles. The van der Waals surface area contributed by atoms with Crippen molar-refractivity contribution in [1.29, 1.82) is 0 Å². The molecular formula is C22H19N3O3S. The summed E-state index contributed by atoms with van der Waals surface area (Å²) < 4.78 is 12.7. The highest BCUT2D eigenvalue weighted by Gasteiger charge is 2.31. The van der Waals surface area contributed by atoms with E-state index in [1.807, 2.05) is 30.3 Å². The van der Waals surface area contributed by atoms with E-state index in [1.165, 1.54) is 0 Å². The first kappa shape index (κ1) is 18.0. The van der Waals surface area contributed by atoms with Crippen molar-refractivity contribution in [3.63, 3.8) is 0 Å². The van der Waals surface area contributed by atoms with Crippen LogP contribution in [0.3, 0.4) is 0 Å². The minimum atomic E-state index is -0.371. The van der Waals surface area contributed by atoms with Crippen molar-refractivity contribution in [2.24, 2.45) is 0 Å². The van der Waals surface area contributed by atoms with Crippen molar-refractivity contribution in [1.82, 2.24) is 14.8 Å². The predicted octanol–water partition coefficient (Wildman–Crippen LogP) is 4.55. The lowest BCUT2D eigenvalue weighted by Gasteiger charge is -2.10. The molecule has 5 rings (SSSR count). The first-order valence-electron chi connectivity index (χ1n) is 9.47. The number of hydrogen-bond donors (Lipinski definition) is 0. The summed E-state index contributed by atoms with van der Waals surface area (Å²) in [5, 5.41) is 10.6. The number of methoxy groups -OCH3 is 1. The summed E-state index contributed by atoms with van der Waals surface area (Å²) in [5.41, 5.74) is 2.11. The van der Waals surface area contributed by atoms with E-state index in [1.54, 1.807) is 31.0 Å². The Labute approximate surface area is 171 Å². The second-order valence-electron chi connectivity index (χ2n) is 7.03. The Bertz CT molecular complexity index is 1230. The van der Waals surface area contributed by atoms with Crippen molar-refractivity contribution in [2.45, 2.75) is 29.7 Å². The van der Waals surface area contributed by atoms with Gasteiger partial charge in [0, 0.05) is 34.9 Å². The number of aromatic nitrogens is 3.